The molecule has 0 bridgehead atoms. The van der Waals surface area contributed by atoms with E-state index in [0.29, 0.717) is 11.3 Å². The Hall–Kier alpha value is -0.480. The third-order valence-corrected chi connectivity index (χ3v) is 4.72. The molecular formula is C13H23N3S. The van der Waals surface area contributed by atoms with Crippen molar-refractivity contribution in [3.63, 3.8) is 0 Å². The van der Waals surface area contributed by atoms with Crippen LogP contribution < -0.4 is 5.32 Å². The lowest BCUT2D eigenvalue weighted by Gasteiger charge is -2.34. The molecule has 2 N–H and O–H groups in total. The Bertz CT molecular complexity index is 310. The van der Waals surface area contributed by atoms with Crippen molar-refractivity contribution in [1.82, 2.24) is 15.3 Å². The Morgan fingerprint density at radius 1 is 1.53 bits per heavy atom. The first kappa shape index (κ1) is 13.0. The van der Waals surface area contributed by atoms with Crippen LogP contribution in [0.25, 0.3) is 0 Å². The molecule has 0 aromatic carbocycles. The monoisotopic (exact) mass is 253 g/mol. The highest BCUT2D eigenvalue weighted by atomic mass is 32.2. The highest BCUT2D eigenvalue weighted by molar-refractivity contribution is 7.99. The van der Waals surface area contributed by atoms with E-state index in [9.17, 15) is 0 Å². The summed E-state index contributed by atoms with van der Waals surface area (Å²) >= 11 is 1.90. The van der Waals surface area contributed by atoms with Crippen LogP contribution in [0.15, 0.2) is 17.6 Å². The van der Waals surface area contributed by atoms with E-state index in [1.807, 2.05) is 24.2 Å². The van der Waals surface area contributed by atoms with Crippen molar-refractivity contribution in [1.29, 1.82) is 0 Å². The minimum atomic E-state index is 0.654. The van der Waals surface area contributed by atoms with Crippen molar-refractivity contribution < 1.29 is 0 Å². The van der Waals surface area contributed by atoms with Crippen molar-refractivity contribution in [2.45, 2.75) is 56.0 Å². The van der Waals surface area contributed by atoms with Crippen molar-refractivity contribution in [2.24, 2.45) is 5.92 Å². The number of nitrogens with one attached hydrogen (secondary N) is 2. The number of aromatic nitrogens is 2. The summed E-state index contributed by atoms with van der Waals surface area (Å²) in [4.78, 5) is 7.53. The Kier molecular flexibility index (Phi) is 4.92. The summed E-state index contributed by atoms with van der Waals surface area (Å²) in [6.07, 6.45) is 8.92. The summed E-state index contributed by atoms with van der Waals surface area (Å²) in [7, 11) is 0. The smallest absolute Gasteiger partial charge is 0.165 e. The Morgan fingerprint density at radius 2 is 2.41 bits per heavy atom. The molecule has 0 amide bonds. The van der Waals surface area contributed by atoms with Crippen molar-refractivity contribution >= 4 is 11.8 Å². The summed E-state index contributed by atoms with van der Waals surface area (Å²) in [5, 5.41) is 5.42. The van der Waals surface area contributed by atoms with E-state index < -0.39 is 0 Å². The largest absolute Gasteiger partial charge is 0.340 e. The molecule has 0 spiro atoms. The van der Waals surface area contributed by atoms with Crippen LogP contribution in [0.5, 0.6) is 0 Å². The van der Waals surface area contributed by atoms with Crippen LogP contribution in [0.4, 0.5) is 0 Å². The van der Waals surface area contributed by atoms with Crippen LogP contribution in [0.2, 0.25) is 0 Å². The maximum absolute atomic E-state index is 4.33. The highest BCUT2D eigenvalue weighted by Gasteiger charge is 2.29. The number of rotatable bonds is 5. The molecule has 1 aliphatic carbocycles. The van der Waals surface area contributed by atoms with Gasteiger partial charge in [0.15, 0.2) is 5.16 Å². The molecule has 3 nitrogen and oxygen atoms in total. The molecule has 0 aliphatic heterocycles. The number of thioether (sulfide) groups is 1. The summed E-state index contributed by atoms with van der Waals surface area (Å²) in [5.41, 5.74) is 0. The van der Waals surface area contributed by atoms with Gasteiger partial charge in [-0.25, -0.2) is 4.98 Å². The molecule has 1 saturated carbocycles. The topological polar surface area (TPSA) is 40.7 Å². The first-order valence-electron chi connectivity index (χ1n) is 6.69. The van der Waals surface area contributed by atoms with E-state index in [-0.39, 0.29) is 0 Å². The minimum absolute atomic E-state index is 0.654. The maximum Gasteiger partial charge on any atom is 0.165 e. The number of hydrogen-bond donors (Lipinski definition) is 2. The third-order valence-electron chi connectivity index (χ3n) is 3.45. The molecule has 1 aliphatic rings. The van der Waals surface area contributed by atoms with Crippen molar-refractivity contribution in [3.05, 3.63) is 12.4 Å². The van der Waals surface area contributed by atoms with Gasteiger partial charge in [0.2, 0.25) is 0 Å². The van der Waals surface area contributed by atoms with Crippen molar-refractivity contribution in [2.75, 3.05) is 6.54 Å². The molecule has 1 aromatic heterocycles. The number of nitrogens with zero attached hydrogens (tertiary/aromatic N) is 1. The lowest BCUT2D eigenvalue weighted by molar-refractivity contribution is 0.317. The third kappa shape index (κ3) is 3.75. The molecule has 17 heavy (non-hydrogen) atoms. The SMILES string of the molecule is CCCNC1CCC(C)CC1Sc1ncc[nH]1. The van der Waals surface area contributed by atoms with Gasteiger partial charge in [-0.1, -0.05) is 25.6 Å². The van der Waals surface area contributed by atoms with Gasteiger partial charge in [-0.2, -0.15) is 0 Å². The van der Waals surface area contributed by atoms with Crippen molar-refractivity contribution in [3.8, 4) is 0 Å². The molecular weight excluding hydrogens is 230 g/mol. The predicted molar refractivity (Wildman–Crippen MR) is 73.3 cm³/mol. The van der Waals surface area contributed by atoms with E-state index >= 15 is 0 Å². The summed E-state index contributed by atoms with van der Waals surface area (Å²) in [6.45, 7) is 5.73. The molecule has 1 aromatic rings. The fraction of sp³-hybridized carbons (Fsp3) is 0.769. The van der Waals surface area contributed by atoms with Gasteiger partial charge in [0.1, 0.15) is 0 Å². The quantitative estimate of drug-likeness (QED) is 0.847. The first-order chi connectivity index (χ1) is 8.29. The van der Waals surface area contributed by atoms with E-state index in [0.717, 1.165) is 17.6 Å². The Balaban J connectivity index is 1.93. The van der Waals surface area contributed by atoms with Gasteiger partial charge in [0.05, 0.1) is 0 Å². The number of H-pyrrole nitrogens is 1. The standard InChI is InChI=1S/C13H23N3S/c1-3-6-14-11-5-4-10(2)9-12(11)17-13-15-7-8-16-13/h7-8,10-12,14H,3-6,9H2,1-2H3,(H,15,16). The number of imidazole rings is 1. The van der Waals surface area contributed by atoms with E-state index in [1.54, 1.807) is 0 Å². The normalized spacial score (nSPS) is 29.4. The second kappa shape index (κ2) is 6.45. The fourth-order valence-electron chi connectivity index (χ4n) is 2.48. The second-order valence-electron chi connectivity index (χ2n) is 5.03. The molecule has 3 unspecified atom stereocenters. The molecule has 3 atom stereocenters. The fourth-order valence-corrected chi connectivity index (χ4v) is 3.85. The Morgan fingerprint density at radius 3 is 3.12 bits per heavy atom. The van der Waals surface area contributed by atoms with Crippen LogP contribution in [-0.4, -0.2) is 27.8 Å². The summed E-state index contributed by atoms with van der Waals surface area (Å²) in [5.74, 6) is 0.849. The lowest BCUT2D eigenvalue weighted by atomic mass is 9.87. The second-order valence-corrected chi connectivity index (χ2v) is 6.26. The lowest BCUT2D eigenvalue weighted by Crippen LogP contribution is -2.42. The average Bonchev–Trinajstić information content (AvgIpc) is 2.81. The van der Waals surface area contributed by atoms with Gasteiger partial charge in [-0.05, 0) is 38.1 Å². The van der Waals surface area contributed by atoms with Crippen LogP contribution in [0.3, 0.4) is 0 Å². The predicted octanol–water partition coefficient (Wildman–Crippen LogP) is 3.06. The van der Waals surface area contributed by atoms with Crippen LogP contribution in [-0.2, 0) is 0 Å². The zero-order chi connectivity index (χ0) is 12.1. The van der Waals surface area contributed by atoms with Crippen LogP contribution in [0, 0.1) is 5.92 Å². The van der Waals surface area contributed by atoms with Crippen LogP contribution >= 0.6 is 11.8 Å². The molecule has 0 radical (unpaired) electrons. The molecule has 1 fully saturated rings. The maximum atomic E-state index is 4.33. The number of aromatic amines is 1. The van der Waals surface area contributed by atoms with E-state index in [1.165, 1.54) is 25.7 Å². The average molecular weight is 253 g/mol. The van der Waals surface area contributed by atoms with Gasteiger partial charge in [-0.15, -0.1) is 0 Å². The Labute approximate surface area is 108 Å². The molecule has 0 saturated heterocycles. The van der Waals surface area contributed by atoms with Gasteiger partial charge in [0, 0.05) is 23.7 Å². The molecule has 4 heteroatoms. The van der Waals surface area contributed by atoms with Gasteiger partial charge in [-0.3, -0.25) is 0 Å². The van der Waals surface area contributed by atoms with Gasteiger partial charge in [0.25, 0.3) is 0 Å². The zero-order valence-corrected chi connectivity index (χ0v) is 11.6. The van der Waals surface area contributed by atoms with Gasteiger partial charge >= 0.3 is 0 Å². The molecule has 1 heterocycles. The number of hydrogen-bond acceptors (Lipinski definition) is 3. The van der Waals surface area contributed by atoms with Gasteiger partial charge < -0.3 is 10.3 Å². The first-order valence-corrected chi connectivity index (χ1v) is 7.57. The van der Waals surface area contributed by atoms with E-state index in [4.69, 9.17) is 0 Å². The van der Waals surface area contributed by atoms with Crippen LogP contribution in [0.1, 0.15) is 39.5 Å². The highest BCUT2D eigenvalue weighted by Crippen LogP contribution is 2.34. The van der Waals surface area contributed by atoms with E-state index in [2.05, 4.69) is 29.1 Å². The molecule has 2 rings (SSSR count). The summed E-state index contributed by atoms with van der Waals surface area (Å²) < 4.78 is 0. The minimum Gasteiger partial charge on any atom is -0.340 e. The summed E-state index contributed by atoms with van der Waals surface area (Å²) in [6, 6.07) is 0.654. The molecule has 96 valence electrons. The zero-order valence-electron chi connectivity index (χ0n) is 10.8.